The Bertz CT molecular complexity index is 1350. The van der Waals surface area contributed by atoms with E-state index < -0.39 is 74.7 Å². The molecule has 0 saturated heterocycles. The van der Waals surface area contributed by atoms with Crippen LogP contribution >= 0.6 is 0 Å². The Morgan fingerprint density at radius 1 is 0.757 bits per heavy atom. The summed E-state index contributed by atoms with van der Waals surface area (Å²) in [5.74, 6) is -18.3. The van der Waals surface area contributed by atoms with Crippen molar-refractivity contribution >= 4 is 0 Å². The Morgan fingerprint density at radius 3 is 1.81 bits per heavy atom. The number of benzene rings is 3. The molecule has 0 aromatic heterocycles. The number of alkyl halides is 6. The van der Waals surface area contributed by atoms with E-state index in [9.17, 15) is 26.3 Å². The molecular formula is C26H19F9O2. The molecule has 3 aromatic rings. The van der Waals surface area contributed by atoms with E-state index in [1.54, 1.807) is 6.92 Å². The maximum Gasteiger partial charge on any atom is 0.429 e. The van der Waals surface area contributed by atoms with E-state index in [-0.39, 0.29) is 6.61 Å². The van der Waals surface area contributed by atoms with Crippen LogP contribution in [0.2, 0.25) is 0 Å². The van der Waals surface area contributed by atoms with Gasteiger partial charge >= 0.3 is 18.0 Å². The van der Waals surface area contributed by atoms with Gasteiger partial charge in [0.1, 0.15) is 5.82 Å². The van der Waals surface area contributed by atoms with E-state index in [0.29, 0.717) is 36.6 Å². The van der Waals surface area contributed by atoms with Crippen LogP contribution < -0.4 is 9.47 Å². The number of aryl methyl sites for hydroxylation is 1. The zero-order valence-electron chi connectivity index (χ0n) is 19.4. The van der Waals surface area contributed by atoms with Crippen LogP contribution in [0, 0.1) is 17.5 Å². The van der Waals surface area contributed by atoms with Crippen LogP contribution in [0.15, 0.2) is 42.5 Å². The van der Waals surface area contributed by atoms with Crippen molar-refractivity contribution < 1.29 is 49.0 Å². The summed E-state index contributed by atoms with van der Waals surface area (Å²) < 4.78 is 143. The number of rotatable bonds is 7. The molecule has 0 saturated carbocycles. The fourth-order valence-electron chi connectivity index (χ4n) is 4.27. The van der Waals surface area contributed by atoms with Crippen molar-refractivity contribution in [1.82, 2.24) is 0 Å². The van der Waals surface area contributed by atoms with Crippen LogP contribution in [0.1, 0.15) is 42.5 Å². The molecule has 37 heavy (non-hydrogen) atoms. The van der Waals surface area contributed by atoms with Crippen LogP contribution in [0.3, 0.4) is 0 Å². The van der Waals surface area contributed by atoms with Gasteiger partial charge in [-0.15, -0.1) is 0 Å². The van der Waals surface area contributed by atoms with E-state index in [2.05, 4.69) is 4.74 Å². The maximum absolute atomic E-state index is 15.2. The summed E-state index contributed by atoms with van der Waals surface area (Å²) in [4.78, 5) is 0. The average Bonchev–Trinajstić information content (AvgIpc) is 2.80. The number of halogens is 9. The standard InChI is InChI=1S/C26H19F9O2/c1-3-5-13-6-9-16(17(27)12-13)26(34,35)37-19-11-8-15-14-7-10-18(36-4-2)22(28)20(14)24(30,31)25(32,33)21(15)23(19)29/h6-12H,3-5H2,1-2H3. The highest BCUT2D eigenvalue weighted by atomic mass is 19.3. The molecule has 0 amide bonds. The fourth-order valence-corrected chi connectivity index (χ4v) is 4.27. The highest BCUT2D eigenvalue weighted by molar-refractivity contribution is 5.78. The lowest BCUT2D eigenvalue weighted by molar-refractivity contribution is -0.228. The zero-order valence-corrected chi connectivity index (χ0v) is 19.4. The molecule has 0 atom stereocenters. The second-order valence-electron chi connectivity index (χ2n) is 8.37. The van der Waals surface area contributed by atoms with Gasteiger partial charge in [-0.25, -0.2) is 13.2 Å². The molecule has 4 rings (SSSR count). The molecule has 0 heterocycles. The minimum atomic E-state index is -5.37. The lowest BCUT2D eigenvalue weighted by Gasteiger charge is -2.35. The molecule has 0 radical (unpaired) electrons. The second-order valence-corrected chi connectivity index (χ2v) is 8.37. The van der Waals surface area contributed by atoms with E-state index in [1.165, 1.54) is 13.0 Å². The predicted octanol–water partition coefficient (Wildman–Crippen LogP) is 8.45. The molecular weight excluding hydrogens is 515 g/mol. The minimum Gasteiger partial charge on any atom is -0.491 e. The van der Waals surface area contributed by atoms with Gasteiger partial charge in [0, 0.05) is 0 Å². The molecule has 2 nitrogen and oxygen atoms in total. The van der Waals surface area contributed by atoms with Crippen molar-refractivity contribution in [2.45, 2.75) is 44.6 Å². The summed E-state index contributed by atoms with van der Waals surface area (Å²) in [5, 5.41) is 0. The Kier molecular flexibility index (Phi) is 6.62. The Morgan fingerprint density at radius 2 is 1.30 bits per heavy atom. The van der Waals surface area contributed by atoms with Crippen molar-refractivity contribution in [2.24, 2.45) is 0 Å². The summed E-state index contributed by atoms with van der Waals surface area (Å²) in [5.41, 5.74) is -6.21. The van der Waals surface area contributed by atoms with Gasteiger partial charge in [0.05, 0.1) is 23.3 Å². The molecule has 0 bridgehead atoms. The molecule has 3 aromatic carbocycles. The van der Waals surface area contributed by atoms with Gasteiger partial charge in [0.2, 0.25) is 0 Å². The molecule has 0 spiro atoms. The first-order valence-corrected chi connectivity index (χ1v) is 11.2. The number of hydrogen-bond donors (Lipinski definition) is 0. The van der Waals surface area contributed by atoms with Crippen LogP contribution in [-0.2, 0) is 24.4 Å². The highest BCUT2D eigenvalue weighted by Gasteiger charge is 2.65. The van der Waals surface area contributed by atoms with Gasteiger partial charge in [0.25, 0.3) is 0 Å². The summed E-state index contributed by atoms with van der Waals surface area (Å²) >= 11 is 0. The third kappa shape index (κ3) is 4.18. The molecule has 0 N–H and O–H groups in total. The van der Waals surface area contributed by atoms with Gasteiger partial charge in [-0.1, -0.05) is 19.4 Å². The van der Waals surface area contributed by atoms with Crippen LogP contribution in [0.5, 0.6) is 11.5 Å². The first-order valence-electron chi connectivity index (χ1n) is 11.2. The predicted molar refractivity (Wildman–Crippen MR) is 116 cm³/mol. The second kappa shape index (κ2) is 9.18. The van der Waals surface area contributed by atoms with Crippen molar-refractivity contribution in [1.29, 1.82) is 0 Å². The topological polar surface area (TPSA) is 18.5 Å². The molecule has 11 heteroatoms. The third-order valence-corrected chi connectivity index (χ3v) is 5.95. The quantitative estimate of drug-likeness (QED) is 0.283. The molecule has 1 aliphatic carbocycles. The van der Waals surface area contributed by atoms with Gasteiger partial charge < -0.3 is 9.47 Å². The number of ether oxygens (including phenoxy) is 2. The summed E-state index contributed by atoms with van der Waals surface area (Å²) in [6.45, 7) is 3.05. The van der Waals surface area contributed by atoms with Gasteiger partial charge in [-0.05, 0) is 66.4 Å². The molecule has 198 valence electrons. The number of hydrogen-bond acceptors (Lipinski definition) is 2. The van der Waals surface area contributed by atoms with Crippen molar-refractivity contribution in [3.63, 3.8) is 0 Å². The lowest BCUT2D eigenvalue weighted by Crippen LogP contribution is -2.41. The Balaban J connectivity index is 1.83. The zero-order chi connectivity index (χ0) is 27.3. The van der Waals surface area contributed by atoms with Gasteiger partial charge in [0.15, 0.2) is 23.1 Å². The first-order chi connectivity index (χ1) is 17.3. The SMILES string of the molecule is CCCc1ccc(C(F)(F)Oc2ccc3c(c2F)C(F)(F)C(F)(F)c2c-3ccc(OCC)c2F)c(F)c1. The summed E-state index contributed by atoms with van der Waals surface area (Å²) in [6, 6.07) is 5.61. The van der Waals surface area contributed by atoms with E-state index >= 15 is 13.2 Å². The Labute approximate surface area is 205 Å². The van der Waals surface area contributed by atoms with Crippen LogP contribution in [-0.4, -0.2) is 6.61 Å². The maximum atomic E-state index is 15.2. The van der Waals surface area contributed by atoms with Gasteiger partial charge in [-0.3, -0.25) is 0 Å². The first kappa shape index (κ1) is 26.7. The van der Waals surface area contributed by atoms with Crippen LogP contribution in [0.4, 0.5) is 39.5 Å². The normalized spacial score (nSPS) is 15.6. The average molecular weight is 534 g/mol. The molecule has 0 unspecified atom stereocenters. The lowest BCUT2D eigenvalue weighted by atomic mass is 9.79. The van der Waals surface area contributed by atoms with Crippen molar-refractivity contribution in [3.05, 3.63) is 82.2 Å². The van der Waals surface area contributed by atoms with Crippen molar-refractivity contribution in [3.8, 4) is 22.6 Å². The minimum absolute atomic E-state index is 0.153. The van der Waals surface area contributed by atoms with Gasteiger partial charge in [-0.2, -0.15) is 26.3 Å². The molecule has 1 aliphatic rings. The van der Waals surface area contributed by atoms with E-state index in [1.807, 2.05) is 0 Å². The number of fused-ring (bicyclic) bond motifs is 3. The van der Waals surface area contributed by atoms with Crippen LogP contribution in [0.25, 0.3) is 11.1 Å². The molecule has 0 fully saturated rings. The summed E-state index contributed by atoms with van der Waals surface area (Å²) in [7, 11) is 0. The summed E-state index contributed by atoms with van der Waals surface area (Å²) in [6.07, 6.45) is -3.56. The van der Waals surface area contributed by atoms with Crippen molar-refractivity contribution in [2.75, 3.05) is 6.61 Å². The monoisotopic (exact) mass is 534 g/mol. The van der Waals surface area contributed by atoms with E-state index in [0.717, 1.165) is 18.2 Å². The molecule has 0 aliphatic heterocycles. The smallest absolute Gasteiger partial charge is 0.429 e. The Hall–Kier alpha value is -3.37. The third-order valence-electron chi connectivity index (χ3n) is 5.95. The largest absolute Gasteiger partial charge is 0.491 e. The fraction of sp³-hybridized carbons (Fsp3) is 0.308. The highest BCUT2D eigenvalue weighted by Crippen LogP contribution is 2.60. The van der Waals surface area contributed by atoms with E-state index in [4.69, 9.17) is 4.74 Å².